The van der Waals surface area contributed by atoms with E-state index >= 15 is 0 Å². The van der Waals surface area contributed by atoms with Crippen LogP contribution < -0.4 is 5.56 Å². The fraction of sp³-hybridized carbons (Fsp3) is 0.0952. The third kappa shape index (κ3) is 2.58. The molecule has 4 heterocycles. The van der Waals surface area contributed by atoms with Crippen molar-refractivity contribution < 1.29 is 0 Å². The van der Waals surface area contributed by atoms with Crippen molar-refractivity contribution in [2.75, 3.05) is 0 Å². The Morgan fingerprint density at radius 2 is 1.93 bits per heavy atom. The van der Waals surface area contributed by atoms with Gasteiger partial charge in [0.1, 0.15) is 9.53 Å². The largest absolute Gasteiger partial charge is 0.330 e. The molecule has 1 aromatic carbocycles. The number of aromatic nitrogens is 3. The van der Waals surface area contributed by atoms with Gasteiger partial charge in [0.2, 0.25) is 0 Å². The number of aromatic amines is 2. The van der Waals surface area contributed by atoms with Crippen LogP contribution >= 0.6 is 46.5 Å². The third-order valence-corrected chi connectivity index (χ3v) is 7.87. The number of fused-ring (bicyclic) bond motifs is 6. The molecule has 5 aromatic rings. The zero-order chi connectivity index (χ0) is 19.7. The molecule has 29 heavy (non-hydrogen) atoms. The summed E-state index contributed by atoms with van der Waals surface area (Å²) in [5, 5.41) is 3.78. The fourth-order valence-corrected chi connectivity index (χ4v) is 6.37. The highest BCUT2D eigenvalue weighted by atomic mass is 35.5. The van der Waals surface area contributed by atoms with E-state index < -0.39 is 0 Å². The number of pyridine rings is 1. The van der Waals surface area contributed by atoms with E-state index in [-0.39, 0.29) is 5.56 Å². The lowest BCUT2D eigenvalue weighted by atomic mass is 9.87. The molecule has 0 radical (unpaired) electrons. The van der Waals surface area contributed by atoms with E-state index in [2.05, 4.69) is 21.4 Å². The lowest BCUT2D eigenvalue weighted by Crippen LogP contribution is -2.07. The van der Waals surface area contributed by atoms with Crippen molar-refractivity contribution in [3.8, 4) is 22.4 Å². The maximum Gasteiger partial charge on any atom is 0.269 e. The molecule has 4 aromatic heterocycles. The minimum Gasteiger partial charge on any atom is -0.330 e. The highest BCUT2D eigenvalue weighted by molar-refractivity contribution is 7.71. The predicted octanol–water partition coefficient (Wildman–Crippen LogP) is 6.34. The van der Waals surface area contributed by atoms with Crippen molar-refractivity contribution in [3.05, 3.63) is 66.3 Å². The number of nitrogens with zero attached hydrogens (tertiary/aromatic N) is 1. The molecule has 4 nitrogen and oxygen atoms in total. The summed E-state index contributed by atoms with van der Waals surface area (Å²) >= 11 is 14.6. The summed E-state index contributed by atoms with van der Waals surface area (Å²) in [6, 6.07) is 10.0. The molecule has 142 valence electrons. The number of nitrogens with one attached hydrogen (secondary N) is 2. The monoisotopic (exact) mass is 453 g/mol. The molecule has 8 heteroatoms. The van der Waals surface area contributed by atoms with Crippen LogP contribution in [0.2, 0.25) is 5.02 Å². The van der Waals surface area contributed by atoms with Crippen LogP contribution in [0.5, 0.6) is 0 Å². The summed E-state index contributed by atoms with van der Waals surface area (Å²) in [5.41, 5.74) is 6.19. The van der Waals surface area contributed by atoms with Gasteiger partial charge in [-0.3, -0.25) is 9.78 Å². The van der Waals surface area contributed by atoms with E-state index in [1.165, 1.54) is 27.3 Å². The van der Waals surface area contributed by atoms with Gasteiger partial charge < -0.3 is 4.98 Å². The van der Waals surface area contributed by atoms with Crippen molar-refractivity contribution in [3.63, 3.8) is 0 Å². The van der Waals surface area contributed by atoms with Crippen molar-refractivity contribution in [2.24, 2.45) is 0 Å². The van der Waals surface area contributed by atoms with Gasteiger partial charge in [-0.15, -0.1) is 22.7 Å². The Morgan fingerprint density at radius 1 is 1.10 bits per heavy atom. The molecule has 6 rings (SSSR count). The Morgan fingerprint density at radius 3 is 2.76 bits per heavy atom. The van der Waals surface area contributed by atoms with Gasteiger partial charge >= 0.3 is 0 Å². The molecule has 1 aliphatic rings. The normalized spacial score (nSPS) is 13.0. The average Bonchev–Trinajstić information content (AvgIpc) is 3.32. The molecule has 0 spiro atoms. The number of hydrogen-bond acceptors (Lipinski definition) is 5. The number of rotatable bonds is 1. The zero-order valence-electron chi connectivity index (χ0n) is 14.8. The number of thiophene rings is 2. The summed E-state index contributed by atoms with van der Waals surface area (Å²) in [6.07, 6.45) is 1.90. The Balaban J connectivity index is 1.85. The first-order valence-electron chi connectivity index (χ1n) is 9.04. The van der Waals surface area contributed by atoms with Gasteiger partial charge in [0, 0.05) is 20.8 Å². The van der Waals surface area contributed by atoms with E-state index in [0.29, 0.717) is 14.5 Å². The first kappa shape index (κ1) is 17.5. The number of benzene rings is 1. The van der Waals surface area contributed by atoms with Crippen molar-refractivity contribution in [1.29, 1.82) is 0 Å². The maximum absolute atomic E-state index is 12.6. The molecule has 0 aliphatic heterocycles. The van der Waals surface area contributed by atoms with Crippen LogP contribution in [0.1, 0.15) is 10.4 Å². The maximum atomic E-state index is 12.6. The zero-order valence-corrected chi connectivity index (χ0v) is 18.0. The van der Waals surface area contributed by atoms with Crippen LogP contribution in [0, 0.1) is 4.77 Å². The van der Waals surface area contributed by atoms with Crippen LogP contribution in [-0.4, -0.2) is 15.0 Å². The second-order valence-electron chi connectivity index (χ2n) is 6.97. The number of aryl methyl sites for hydroxylation is 1. The summed E-state index contributed by atoms with van der Waals surface area (Å²) in [7, 11) is 0. The van der Waals surface area contributed by atoms with Gasteiger partial charge in [-0.25, -0.2) is 4.98 Å². The van der Waals surface area contributed by atoms with Crippen LogP contribution in [0.3, 0.4) is 0 Å². The smallest absolute Gasteiger partial charge is 0.269 e. The molecule has 1 aliphatic carbocycles. The molecule has 0 atom stereocenters. The Hall–Kier alpha value is -2.32. The molecule has 0 fully saturated rings. The van der Waals surface area contributed by atoms with Gasteiger partial charge in [0.05, 0.1) is 11.2 Å². The molecule has 0 saturated heterocycles. The van der Waals surface area contributed by atoms with Crippen LogP contribution in [-0.2, 0) is 12.8 Å². The molecular formula is C21H12ClN3OS3. The van der Waals surface area contributed by atoms with E-state index in [1.807, 2.05) is 24.3 Å². The molecular weight excluding hydrogens is 442 g/mol. The van der Waals surface area contributed by atoms with Crippen molar-refractivity contribution in [1.82, 2.24) is 15.0 Å². The van der Waals surface area contributed by atoms with E-state index in [1.54, 1.807) is 11.3 Å². The quantitative estimate of drug-likeness (QED) is 0.291. The number of halogens is 1. The summed E-state index contributed by atoms with van der Waals surface area (Å²) in [4.78, 5) is 25.7. The summed E-state index contributed by atoms with van der Waals surface area (Å²) in [6.45, 7) is 0. The van der Waals surface area contributed by atoms with Crippen molar-refractivity contribution in [2.45, 2.75) is 12.8 Å². The van der Waals surface area contributed by atoms with Crippen LogP contribution in [0.4, 0.5) is 0 Å². The van der Waals surface area contributed by atoms with E-state index in [4.69, 9.17) is 28.8 Å². The highest BCUT2D eigenvalue weighted by Crippen LogP contribution is 2.46. The highest BCUT2D eigenvalue weighted by Gasteiger charge is 2.26. The average molecular weight is 454 g/mol. The van der Waals surface area contributed by atoms with Gasteiger partial charge in [0.15, 0.2) is 4.77 Å². The van der Waals surface area contributed by atoms with Gasteiger partial charge in [0.25, 0.3) is 5.56 Å². The third-order valence-electron chi connectivity index (χ3n) is 5.35. The minimum absolute atomic E-state index is 0.178. The Labute approximate surface area is 182 Å². The predicted molar refractivity (Wildman–Crippen MR) is 124 cm³/mol. The fourth-order valence-electron chi connectivity index (χ4n) is 4.14. The number of H-pyrrole nitrogens is 2. The molecule has 0 bridgehead atoms. The molecule has 0 saturated carbocycles. The second kappa shape index (κ2) is 6.34. The van der Waals surface area contributed by atoms with Gasteiger partial charge in [-0.2, -0.15) is 0 Å². The summed E-state index contributed by atoms with van der Waals surface area (Å²) < 4.78 is 0.936. The SMILES string of the molecule is O=c1[nH]c(=S)[nH]c2c1sc1nc3c(c(-c4ccc(Cl)cc4)c12)CCc1sccc1-3. The van der Waals surface area contributed by atoms with Crippen LogP contribution in [0.15, 0.2) is 40.5 Å². The lowest BCUT2D eigenvalue weighted by molar-refractivity contribution is 0.957. The van der Waals surface area contributed by atoms with E-state index in [9.17, 15) is 4.79 Å². The Bertz CT molecular complexity index is 1560. The van der Waals surface area contributed by atoms with Crippen molar-refractivity contribution >= 4 is 66.9 Å². The Kier molecular flexibility index (Phi) is 3.83. The first-order valence-corrected chi connectivity index (χ1v) is 11.5. The number of hydrogen-bond donors (Lipinski definition) is 2. The van der Waals surface area contributed by atoms with E-state index in [0.717, 1.165) is 45.4 Å². The molecule has 2 N–H and O–H groups in total. The second-order valence-corrected chi connectivity index (χ2v) is 9.82. The van der Waals surface area contributed by atoms with Crippen LogP contribution in [0.25, 0.3) is 42.8 Å². The topological polar surface area (TPSA) is 61.5 Å². The molecule has 0 unspecified atom stereocenters. The van der Waals surface area contributed by atoms with Gasteiger partial charge in [-0.05, 0) is 65.3 Å². The minimum atomic E-state index is -0.178. The molecule has 0 amide bonds. The van der Waals surface area contributed by atoms with Gasteiger partial charge in [-0.1, -0.05) is 23.7 Å². The lowest BCUT2D eigenvalue weighted by Gasteiger charge is -2.20. The standard InChI is InChI=1S/C21H12ClN3OS3/c22-10-3-1-9(2-4-10)14-12-5-6-13-11(7-8-28-13)16(12)23-20-15(14)17-18(29-20)19(26)25-21(27)24-17/h1-4,7-8H,5-6H2,(H2,24,25,26,27). The summed E-state index contributed by atoms with van der Waals surface area (Å²) in [5.74, 6) is 0. The first-order chi connectivity index (χ1) is 14.1.